The van der Waals surface area contributed by atoms with Gasteiger partial charge in [0, 0.05) is 70.2 Å². The van der Waals surface area contributed by atoms with E-state index in [0.717, 1.165) is 61.1 Å². The van der Waals surface area contributed by atoms with Crippen molar-refractivity contribution in [3.8, 4) is 22.3 Å². The van der Waals surface area contributed by atoms with Crippen molar-refractivity contribution in [2.24, 2.45) is 0 Å². The van der Waals surface area contributed by atoms with Gasteiger partial charge in [0.1, 0.15) is 22.3 Å². The third-order valence-corrected chi connectivity index (χ3v) is 13.4. The summed E-state index contributed by atoms with van der Waals surface area (Å²) in [6.07, 6.45) is 0. The molecule has 0 unspecified atom stereocenters. The number of fused-ring (bicyclic) bond motifs is 13. The van der Waals surface area contributed by atoms with Crippen LogP contribution in [0.3, 0.4) is 0 Å². The molecule has 3 nitrogen and oxygen atoms in total. The van der Waals surface area contributed by atoms with Crippen LogP contribution in [0.4, 0.5) is 17.1 Å². The second kappa shape index (κ2) is 12.9. The van der Waals surface area contributed by atoms with Gasteiger partial charge >= 0.3 is 0 Å². The van der Waals surface area contributed by atoms with Gasteiger partial charge in [-0.2, -0.15) is 0 Å². The number of anilines is 3. The number of hydrogen-bond acceptors (Lipinski definition) is 4. The number of para-hydroxylation sites is 2. The highest BCUT2D eigenvalue weighted by Gasteiger charge is 2.19. The molecular formula is C56H33NO2S. The second-order valence-corrected chi connectivity index (χ2v) is 16.7. The molecule has 0 saturated carbocycles. The highest BCUT2D eigenvalue weighted by molar-refractivity contribution is 7.26. The SMILES string of the molecule is c1ccc2c(-c3ccc(N(c4ccc(-c5ccc6sc7ccc8ccc9oc%10ccccc%10c9c8c7c6c5)cc4)c4ccc5c(c4)oc4ccccc45)cc3)cccc2c1. The summed E-state index contributed by atoms with van der Waals surface area (Å²) in [6.45, 7) is 0. The van der Waals surface area contributed by atoms with Gasteiger partial charge in [-0.1, -0.05) is 121 Å². The van der Waals surface area contributed by atoms with Crippen molar-refractivity contribution in [2.45, 2.75) is 0 Å². The van der Waals surface area contributed by atoms with E-state index < -0.39 is 0 Å². The average molecular weight is 784 g/mol. The smallest absolute Gasteiger partial charge is 0.137 e. The van der Waals surface area contributed by atoms with Gasteiger partial charge in [-0.3, -0.25) is 0 Å². The lowest BCUT2D eigenvalue weighted by atomic mass is 9.97. The normalized spacial score (nSPS) is 12.0. The maximum absolute atomic E-state index is 6.40. The summed E-state index contributed by atoms with van der Waals surface area (Å²) < 4.78 is 15.3. The molecule has 4 heteroatoms. The van der Waals surface area contributed by atoms with E-state index in [1.165, 1.54) is 63.8 Å². The van der Waals surface area contributed by atoms with E-state index in [2.05, 4.69) is 187 Å². The van der Waals surface area contributed by atoms with Gasteiger partial charge < -0.3 is 13.7 Å². The summed E-state index contributed by atoms with van der Waals surface area (Å²) in [5.41, 5.74) is 11.5. The quantitative estimate of drug-likeness (QED) is 0.174. The fourth-order valence-electron chi connectivity index (χ4n) is 9.45. The molecule has 3 aromatic heterocycles. The molecule has 10 aromatic carbocycles. The van der Waals surface area contributed by atoms with E-state index in [-0.39, 0.29) is 0 Å². The Hall–Kier alpha value is -7.66. The van der Waals surface area contributed by atoms with Gasteiger partial charge in [0.05, 0.1) is 0 Å². The molecule has 13 aromatic rings. The fraction of sp³-hybridized carbons (Fsp3) is 0. The Bertz CT molecular complexity index is 3820. The zero-order valence-corrected chi connectivity index (χ0v) is 33.0. The van der Waals surface area contributed by atoms with E-state index in [1.54, 1.807) is 0 Å². The number of thiophene rings is 1. The molecular weight excluding hydrogens is 751 g/mol. The number of nitrogens with zero attached hydrogens (tertiary/aromatic N) is 1. The summed E-state index contributed by atoms with van der Waals surface area (Å²) in [6, 6.07) is 72.0. The fourth-order valence-corrected chi connectivity index (χ4v) is 10.5. The van der Waals surface area contributed by atoms with Crippen molar-refractivity contribution < 1.29 is 8.83 Å². The Morgan fingerprint density at radius 2 is 0.933 bits per heavy atom. The first-order chi connectivity index (χ1) is 29.7. The zero-order chi connectivity index (χ0) is 39.3. The highest BCUT2D eigenvalue weighted by Crippen LogP contribution is 2.46. The maximum atomic E-state index is 6.40. The molecule has 0 atom stereocenters. The average Bonchev–Trinajstić information content (AvgIpc) is 4.00. The van der Waals surface area contributed by atoms with Crippen LogP contribution in [-0.2, 0) is 0 Å². The minimum Gasteiger partial charge on any atom is -0.456 e. The van der Waals surface area contributed by atoms with Crippen LogP contribution in [-0.4, -0.2) is 0 Å². The van der Waals surface area contributed by atoms with Crippen molar-refractivity contribution in [3.63, 3.8) is 0 Å². The van der Waals surface area contributed by atoms with Crippen molar-refractivity contribution in [2.75, 3.05) is 4.90 Å². The van der Waals surface area contributed by atoms with E-state index in [4.69, 9.17) is 8.83 Å². The predicted molar refractivity (Wildman–Crippen MR) is 254 cm³/mol. The van der Waals surface area contributed by atoms with E-state index in [0.29, 0.717) is 0 Å². The Balaban J connectivity index is 0.938. The van der Waals surface area contributed by atoms with Crippen molar-refractivity contribution in [1.29, 1.82) is 0 Å². The van der Waals surface area contributed by atoms with Gasteiger partial charge in [0.2, 0.25) is 0 Å². The molecule has 3 heterocycles. The van der Waals surface area contributed by atoms with Gasteiger partial charge in [0.25, 0.3) is 0 Å². The Morgan fingerprint density at radius 3 is 1.77 bits per heavy atom. The number of benzene rings is 10. The molecule has 0 saturated heterocycles. The van der Waals surface area contributed by atoms with Crippen LogP contribution in [0, 0.1) is 0 Å². The Kier molecular flexibility index (Phi) is 7.18. The lowest BCUT2D eigenvalue weighted by Crippen LogP contribution is -2.09. The molecule has 0 N–H and O–H groups in total. The van der Waals surface area contributed by atoms with E-state index >= 15 is 0 Å². The second-order valence-electron chi connectivity index (χ2n) is 15.6. The predicted octanol–water partition coefficient (Wildman–Crippen LogP) is 17.0. The first-order valence-corrected chi connectivity index (χ1v) is 21.1. The molecule has 0 spiro atoms. The summed E-state index contributed by atoms with van der Waals surface area (Å²) in [7, 11) is 0. The van der Waals surface area contributed by atoms with E-state index in [9.17, 15) is 0 Å². The highest BCUT2D eigenvalue weighted by atomic mass is 32.1. The molecule has 0 aliphatic rings. The molecule has 13 rings (SSSR count). The first-order valence-electron chi connectivity index (χ1n) is 20.3. The van der Waals surface area contributed by atoms with E-state index in [1.807, 2.05) is 29.5 Å². The maximum Gasteiger partial charge on any atom is 0.137 e. The third kappa shape index (κ3) is 5.08. The molecule has 0 amide bonds. The third-order valence-electron chi connectivity index (χ3n) is 12.3. The molecule has 280 valence electrons. The Labute approximate surface area is 348 Å². The molecule has 60 heavy (non-hydrogen) atoms. The van der Waals surface area contributed by atoms with Crippen molar-refractivity contribution in [3.05, 3.63) is 200 Å². The summed E-state index contributed by atoms with van der Waals surface area (Å²) in [5.74, 6) is 0. The lowest BCUT2D eigenvalue weighted by Gasteiger charge is -2.26. The van der Waals surface area contributed by atoms with Crippen LogP contribution in [0.15, 0.2) is 209 Å². The number of furan rings is 2. The van der Waals surface area contributed by atoms with Crippen LogP contribution in [0.1, 0.15) is 0 Å². The van der Waals surface area contributed by atoms with Gasteiger partial charge in [0.15, 0.2) is 0 Å². The van der Waals surface area contributed by atoms with Crippen LogP contribution >= 0.6 is 11.3 Å². The van der Waals surface area contributed by atoms with Crippen LogP contribution in [0.5, 0.6) is 0 Å². The minimum atomic E-state index is 0.868. The summed E-state index contributed by atoms with van der Waals surface area (Å²) in [5, 5.41) is 12.1. The van der Waals surface area contributed by atoms with Gasteiger partial charge in [-0.05, 0) is 111 Å². The molecule has 0 aliphatic heterocycles. The van der Waals surface area contributed by atoms with Crippen LogP contribution < -0.4 is 4.90 Å². The van der Waals surface area contributed by atoms with Gasteiger partial charge in [-0.25, -0.2) is 0 Å². The molecule has 0 radical (unpaired) electrons. The van der Waals surface area contributed by atoms with Crippen molar-refractivity contribution in [1.82, 2.24) is 0 Å². The number of hydrogen-bond donors (Lipinski definition) is 0. The first kappa shape index (κ1) is 33.3. The molecule has 0 bridgehead atoms. The number of rotatable bonds is 5. The lowest BCUT2D eigenvalue weighted by molar-refractivity contribution is 0.668. The topological polar surface area (TPSA) is 29.5 Å². The van der Waals surface area contributed by atoms with Crippen LogP contribution in [0.25, 0.3) is 108 Å². The molecule has 0 fully saturated rings. The summed E-state index contributed by atoms with van der Waals surface area (Å²) in [4.78, 5) is 2.32. The molecule has 0 aliphatic carbocycles. The monoisotopic (exact) mass is 783 g/mol. The minimum absolute atomic E-state index is 0.868. The summed E-state index contributed by atoms with van der Waals surface area (Å²) >= 11 is 1.86. The standard InChI is InChI=1S/C56H33NO2S/c1-2-10-42-35(8-1)9-7-13-43(42)36-18-25-40(26-19-36)57(41-27-28-45-44-11-3-5-14-48(44)59-51(45)33-41)39-23-16-34(17-24-39)38-22-30-52-47(32-38)56-53(60-52)31-21-37-20-29-50-55(54(37)56)46-12-4-6-15-49(46)58-50/h1-33H. The largest absolute Gasteiger partial charge is 0.456 e. The van der Waals surface area contributed by atoms with Crippen LogP contribution in [0.2, 0.25) is 0 Å². The zero-order valence-electron chi connectivity index (χ0n) is 32.2. The Morgan fingerprint density at radius 1 is 0.317 bits per heavy atom. The van der Waals surface area contributed by atoms with Gasteiger partial charge in [-0.15, -0.1) is 11.3 Å². The van der Waals surface area contributed by atoms with Crippen molar-refractivity contribution >= 4 is 114 Å².